The Balaban J connectivity index is 1.31. The molecule has 1 N–H and O–H groups in total. The Hall–Kier alpha value is -3.40. The van der Waals surface area contributed by atoms with Gasteiger partial charge in [-0.1, -0.05) is 65.3 Å². The van der Waals surface area contributed by atoms with Crippen LogP contribution >= 0.6 is 38.6 Å². The van der Waals surface area contributed by atoms with Crippen LogP contribution in [0.3, 0.4) is 0 Å². The zero-order chi connectivity index (χ0) is 25.1. The Bertz CT molecular complexity index is 1510. The van der Waals surface area contributed by atoms with Crippen molar-refractivity contribution in [2.24, 2.45) is 0 Å². The van der Waals surface area contributed by atoms with Crippen LogP contribution in [0.25, 0.3) is 32.0 Å². The molecule has 0 aliphatic heterocycles. The predicted molar refractivity (Wildman–Crippen MR) is 148 cm³/mol. The molecule has 0 spiro atoms. The number of hydrogen-bond donors (Lipinski definition) is 1. The fourth-order valence-corrected chi connectivity index (χ4v) is 5.61. The van der Waals surface area contributed by atoms with Gasteiger partial charge in [-0.2, -0.15) is 0 Å². The fourth-order valence-electron chi connectivity index (χ4n) is 3.62. The smallest absolute Gasteiger partial charge is 0.339 e. The van der Waals surface area contributed by atoms with Crippen molar-refractivity contribution in [1.82, 2.24) is 9.97 Å². The molecule has 1 atom stereocenters. The molecule has 0 radical (unpaired) electrons. The second kappa shape index (κ2) is 10.7. The molecular formula is C27H20BrN3O3S2. The predicted octanol–water partition coefficient (Wildman–Crippen LogP) is 7.42. The van der Waals surface area contributed by atoms with E-state index in [0.29, 0.717) is 22.7 Å². The van der Waals surface area contributed by atoms with E-state index in [2.05, 4.69) is 31.2 Å². The van der Waals surface area contributed by atoms with E-state index >= 15 is 0 Å². The molecule has 0 saturated heterocycles. The third-order valence-electron chi connectivity index (χ3n) is 5.46. The summed E-state index contributed by atoms with van der Waals surface area (Å²) in [4.78, 5) is 35.3. The molecule has 0 aliphatic rings. The molecule has 5 rings (SSSR count). The number of carbonyl (C=O) groups is 2. The number of halogens is 1. The largest absolute Gasteiger partial charge is 0.449 e. The molecule has 1 unspecified atom stereocenters. The number of rotatable bonds is 7. The summed E-state index contributed by atoms with van der Waals surface area (Å²) in [6, 6.07) is 22.8. The average molecular weight is 579 g/mol. The average Bonchev–Trinajstić information content (AvgIpc) is 3.54. The third kappa shape index (κ3) is 5.23. The van der Waals surface area contributed by atoms with Crippen LogP contribution in [0.4, 0.5) is 5.13 Å². The fraction of sp³-hybridized carbons (Fsp3) is 0.111. The highest BCUT2D eigenvalue weighted by Crippen LogP contribution is 2.33. The zero-order valence-electron chi connectivity index (χ0n) is 19.1. The number of ether oxygens (including phenoxy) is 1. The lowest BCUT2D eigenvalue weighted by Gasteiger charge is -2.16. The minimum Gasteiger partial charge on any atom is -0.449 e. The Morgan fingerprint density at radius 1 is 1.00 bits per heavy atom. The van der Waals surface area contributed by atoms with Gasteiger partial charge < -0.3 is 4.74 Å². The Morgan fingerprint density at radius 3 is 2.53 bits per heavy atom. The highest BCUT2D eigenvalue weighted by molar-refractivity contribution is 9.10. The van der Waals surface area contributed by atoms with Gasteiger partial charge in [0.1, 0.15) is 5.01 Å². The lowest BCUT2D eigenvalue weighted by atomic mass is 10.1. The Labute approximate surface area is 224 Å². The van der Waals surface area contributed by atoms with Crippen molar-refractivity contribution in [2.75, 3.05) is 5.32 Å². The normalized spacial score (nSPS) is 11.8. The number of esters is 1. The van der Waals surface area contributed by atoms with E-state index < -0.39 is 18.0 Å². The van der Waals surface area contributed by atoms with Gasteiger partial charge in [-0.15, -0.1) is 22.7 Å². The molecular weight excluding hydrogens is 558 g/mol. The first-order valence-corrected chi connectivity index (χ1v) is 13.7. The molecule has 5 aromatic rings. The van der Waals surface area contributed by atoms with Crippen LogP contribution < -0.4 is 5.32 Å². The molecule has 2 heterocycles. The van der Waals surface area contributed by atoms with Crippen LogP contribution in [0.15, 0.2) is 82.6 Å². The van der Waals surface area contributed by atoms with Crippen LogP contribution in [0, 0.1) is 0 Å². The number of carbonyl (C=O) groups excluding carboxylic acids is 2. The second-order valence-electron chi connectivity index (χ2n) is 7.87. The van der Waals surface area contributed by atoms with E-state index in [1.165, 1.54) is 22.7 Å². The van der Waals surface area contributed by atoms with E-state index in [-0.39, 0.29) is 0 Å². The van der Waals surface area contributed by atoms with Crippen molar-refractivity contribution in [3.63, 3.8) is 0 Å². The SMILES string of the molecule is CCC(OC(=O)c1ccccc1-c1nc2ccccc2s1)C(=O)Nc1nc(-c2ccc(Br)cc2)cs1. The number of hydrogen-bond acceptors (Lipinski definition) is 7. The van der Waals surface area contributed by atoms with Gasteiger partial charge in [0.2, 0.25) is 0 Å². The molecule has 2 aromatic heterocycles. The van der Waals surface area contributed by atoms with Gasteiger partial charge in [0.15, 0.2) is 11.2 Å². The van der Waals surface area contributed by atoms with Gasteiger partial charge in [-0.25, -0.2) is 14.8 Å². The summed E-state index contributed by atoms with van der Waals surface area (Å²) in [7, 11) is 0. The molecule has 9 heteroatoms. The minimum absolute atomic E-state index is 0.325. The minimum atomic E-state index is -0.957. The molecule has 0 bridgehead atoms. The summed E-state index contributed by atoms with van der Waals surface area (Å²) in [5.41, 5.74) is 3.63. The number of nitrogens with one attached hydrogen (secondary N) is 1. The number of benzene rings is 3. The van der Waals surface area contributed by atoms with E-state index in [4.69, 9.17) is 4.74 Å². The number of aromatic nitrogens is 2. The Kier molecular flexibility index (Phi) is 7.22. The van der Waals surface area contributed by atoms with Crippen molar-refractivity contribution < 1.29 is 14.3 Å². The van der Waals surface area contributed by atoms with Gasteiger partial charge in [0, 0.05) is 21.0 Å². The highest BCUT2D eigenvalue weighted by atomic mass is 79.9. The first kappa shape index (κ1) is 24.3. The number of para-hydroxylation sites is 1. The summed E-state index contributed by atoms with van der Waals surface area (Å²) in [5, 5.41) is 5.84. The lowest BCUT2D eigenvalue weighted by molar-refractivity contribution is -0.124. The van der Waals surface area contributed by atoms with Gasteiger partial charge in [-0.05, 0) is 36.8 Å². The molecule has 0 aliphatic carbocycles. The van der Waals surface area contributed by atoms with Crippen LogP contribution in [-0.4, -0.2) is 27.9 Å². The summed E-state index contributed by atoms with van der Waals surface area (Å²) >= 11 is 6.25. The van der Waals surface area contributed by atoms with Gasteiger partial charge >= 0.3 is 5.97 Å². The first-order chi connectivity index (χ1) is 17.5. The molecule has 1 amide bonds. The van der Waals surface area contributed by atoms with Crippen LogP contribution in [0.2, 0.25) is 0 Å². The maximum Gasteiger partial charge on any atom is 0.339 e. The number of fused-ring (bicyclic) bond motifs is 1. The van der Waals surface area contributed by atoms with Crippen LogP contribution in [-0.2, 0) is 9.53 Å². The molecule has 0 fully saturated rings. The Morgan fingerprint density at radius 2 is 1.75 bits per heavy atom. The zero-order valence-corrected chi connectivity index (χ0v) is 22.3. The number of anilines is 1. The maximum absolute atomic E-state index is 13.2. The number of amides is 1. The number of nitrogens with zero attached hydrogens (tertiary/aromatic N) is 2. The summed E-state index contributed by atoms with van der Waals surface area (Å²) in [6.45, 7) is 1.80. The highest BCUT2D eigenvalue weighted by Gasteiger charge is 2.25. The van der Waals surface area contributed by atoms with E-state index in [9.17, 15) is 9.59 Å². The van der Waals surface area contributed by atoms with Crippen molar-refractivity contribution in [1.29, 1.82) is 0 Å². The van der Waals surface area contributed by atoms with E-state index in [0.717, 1.165) is 31.0 Å². The summed E-state index contributed by atoms with van der Waals surface area (Å²) in [6.07, 6.45) is -0.632. The number of thiazole rings is 2. The van der Waals surface area contributed by atoms with Crippen LogP contribution in [0.1, 0.15) is 23.7 Å². The lowest BCUT2D eigenvalue weighted by Crippen LogP contribution is -2.32. The summed E-state index contributed by atoms with van der Waals surface area (Å²) in [5.74, 6) is -0.985. The van der Waals surface area contributed by atoms with E-state index in [1.807, 2.05) is 66.0 Å². The summed E-state index contributed by atoms with van der Waals surface area (Å²) < 4.78 is 7.67. The second-order valence-corrected chi connectivity index (χ2v) is 10.7. The molecule has 180 valence electrons. The quantitative estimate of drug-likeness (QED) is 0.203. The van der Waals surface area contributed by atoms with E-state index in [1.54, 1.807) is 19.1 Å². The molecule has 36 heavy (non-hydrogen) atoms. The first-order valence-electron chi connectivity index (χ1n) is 11.2. The van der Waals surface area contributed by atoms with Crippen LogP contribution in [0.5, 0.6) is 0 Å². The standard InChI is InChI=1S/C27H20BrN3O3S2/c1-2-22(24(32)31-27-30-21(15-35-27)16-11-13-17(28)14-12-16)34-26(33)19-8-4-3-7-18(19)25-29-20-9-5-6-10-23(20)36-25/h3-15,22H,2H2,1H3,(H,30,31,32). The maximum atomic E-state index is 13.2. The molecule has 0 saturated carbocycles. The van der Waals surface area contributed by atoms with Gasteiger partial charge in [0.05, 0.1) is 21.5 Å². The molecule has 3 aromatic carbocycles. The topological polar surface area (TPSA) is 81.2 Å². The monoisotopic (exact) mass is 577 g/mol. The van der Waals surface area contributed by atoms with Crippen molar-refractivity contribution in [3.8, 4) is 21.8 Å². The van der Waals surface area contributed by atoms with Crippen molar-refractivity contribution in [2.45, 2.75) is 19.4 Å². The van der Waals surface area contributed by atoms with Crippen molar-refractivity contribution >= 4 is 65.8 Å². The molecule has 6 nitrogen and oxygen atoms in total. The third-order valence-corrected chi connectivity index (χ3v) is 7.81. The van der Waals surface area contributed by atoms with Gasteiger partial charge in [0.25, 0.3) is 5.91 Å². The van der Waals surface area contributed by atoms with Crippen molar-refractivity contribution in [3.05, 3.63) is 88.2 Å². The van der Waals surface area contributed by atoms with Gasteiger partial charge in [-0.3, -0.25) is 10.1 Å².